The van der Waals surface area contributed by atoms with Crippen LogP contribution in [0.5, 0.6) is 34.5 Å². The molecule has 480 valence electrons. The molecule has 0 unspecified atom stereocenters. The Balaban J connectivity index is 1.54. The van der Waals surface area contributed by atoms with Crippen LogP contribution in [0.25, 0.3) is 0 Å². The number of nitrogens with one attached hydrogen (secondary N) is 6. The summed E-state index contributed by atoms with van der Waals surface area (Å²) in [4.78, 5) is -17.7. The van der Waals surface area contributed by atoms with Crippen LogP contribution in [0.4, 0.5) is 0 Å². The van der Waals surface area contributed by atoms with E-state index in [1.165, 1.54) is 37.3 Å². The summed E-state index contributed by atoms with van der Waals surface area (Å²) in [7, 11) is -13.7. The van der Waals surface area contributed by atoms with Crippen molar-refractivity contribution < 1.29 is 27.1 Å². The molecule has 0 saturated carbocycles. The average Bonchev–Trinajstić information content (AvgIpc) is 0.733. The lowest BCUT2D eigenvalue weighted by Gasteiger charge is -2.33. The van der Waals surface area contributed by atoms with E-state index in [1.807, 2.05) is 0 Å². The van der Waals surface area contributed by atoms with Gasteiger partial charge in [0, 0.05) is 0 Å². The Kier molecular flexibility index (Phi) is 28.8. The highest BCUT2D eigenvalue weighted by atomic mass is 35.9. The van der Waals surface area contributed by atoms with Crippen LogP contribution >= 0.6 is 187 Å². The summed E-state index contributed by atoms with van der Waals surface area (Å²) in [5.74, 6) is 0.796. The van der Waals surface area contributed by atoms with Crippen LogP contribution in [0.2, 0.25) is 0 Å². The lowest BCUT2D eigenvalue weighted by molar-refractivity contribution is 0.443. The monoisotopic (exact) mass is 1740 g/mol. The molecule has 6 N–H and O–H groups in total. The molecule has 0 aromatic heterocycles. The molecule has 1 heterocycles. The smallest absolute Gasteiger partial charge is 0.413 e. The maximum Gasteiger partial charge on any atom is 0.460 e. The predicted molar refractivity (Wildman–Crippen MR) is 411 cm³/mol. The maximum absolute atomic E-state index is 7.05. The quantitative estimate of drug-likeness (QED) is 0.0140. The molecule has 1 aliphatic heterocycles. The van der Waals surface area contributed by atoms with Crippen LogP contribution in [0.15, 0.2) is 190 Å². The Morgan fingerprint density at radius 2 is 0.378 bits per heavy atom. The number of hydrazone groups is 6. The minimum absolute atomic E-state index is 0.133. The van der Waals surface area contributed by atoms with Gasteiger partial charge in [-0.1, -0.05) is 13.5 Å². The van der Waals surface area contributed by atoms with Gasteiger partial charge in [-0.3, -0.25) is 31.2 Å². The highest BCUT2D eigenvalue weighted by molar-refractivity contribution is 8.40. The van der Waals surface area contributed by atoms with Crippen molar-refractivity contribution in [2.24, 2.45) is 44.2 Å². The van der Waals surface area contributed by atoms with E-state index in [9.17, 15) is 0 Å². The van der Waals surface area contributed by atoms with E-state index < -0.39 is 52.3 Å². The van der Waals surface area contributed by atoms with Gasteiger partial charge in [0.1, 0.15) is 34.5 Å². The first-order valence-corrected chi connectivity index (χ1v) is 55.8. The molecule has 7 rings (SSSR count). The fourth-order valence-electron chi connectivity index (χ4n) is 6.29. The van der Waals surface area contributed by atoms with E-state index in [1.54, 1.807) is 146 Å². The standard InChI is InChI=1S/C42H36Cl12N15O6P9S6/c43-76(44,85)61-55-25-31-1-13-37(14-2-31)70-82(71-38-15-3-32(4-16-38)26-56-62-77(45,46)86)67-83(72-39-17-5-33(6-18-39)27-57-63-78(47,48)87,73-40-19-7-34(8-20-40)28-58-64-79(49,50)88)69-84(68-82,74-41-21-9-35(10-22-41)29-59-65-80(51,52)89)75-42-23-11-36(12-24-42)30-60-66-81(53,54)90/h1-30H,(H,61,85)(H,62,86)(H,63,87)(H,64,88)(H,65,89)(H,66,90)/b55-25+,56-26+,57-27+,58-28+,59-29+,60-30+. The summed E-state index contributed by atoms with van der Waals surface area (Å²) >= 11 is 103. The molecule has 0 fully saturated rings. The van der Waals surface area contributed by atoms with Crippen molar-refractivity contribution in [1.82, 2.24) is 31.2 Å². The molecule has 48 heteroatoms. The molecule has 0 spiro atoms. The van der Waals surface area contributed by atoms with E-state index in [0.717, 1.165) is 0 Å². The van der Waals surface area contributed by atoms with Gasteiger partial charge in [-0.2, -0.15) is 30.6 Å². The number of hydrogen-bond donors (Lipinski definition) is 6. The van der Waals surface area contributed by atoms with Crippen LogP contribution in [0.1, 0.15) is 33.4 Å². The van der Waals surface area contributed by atoms with Crippen molar-refractivity contribution in [3.05, 3.63) is 179 Å². The summed E-state index contributed by atoms with van der Waals surface area (Å²) in [5, 5.41) is 39.9. The van der Waals surface area contributed by atoms with Crippen molar-refractivity contribution in [3.8, 4) is 34.5 Å². The number of halogens is 12. The van der Waals surface area contributed by atoms with Gasteiger partial charge in [0.25, 0.3) is 0 Å². The van der Waals surface area contributed by atoms with Crippen molar-refractivity contribution >= 4 is 295 Å². The topological polar surface area (TPSA) is 239 Å². The van der Waals surface area contributed by atoms with E-state index >= 15 is 0 Å². The lowest BCUT2D eigenvalue weighted by atomic mass is 10.2. The molecule has 21 nitrogen and oxygen atoms in total. The van der Waals surface area contributed by atoms with Crippen LogP contribution in [0, 0.1) is 0 Å². The zero-order chi connectivity index (χ0) is 65.5. The summed E-state index contributed by atoms with van der Waals surface area (Å²) in [6.07, 6.45) is 8.68. The molecule has 6 aromatic rings. The van der Waals surface area contributed by atoms with Crippen molar-refractivity contribution in [1.29, 1.82) is 0 Å². The summed E-state index contributed by atoms with van der Waals surface area (Å²) in [6.45, 7) is 0. The second kappa shape index (κ2) is 34.0. The summed E-state index contributed by atoms with van der Waals surface area (Å²) in [6, 6.07) is 39.1. The molecule has 0 radical (unpaired) electrons. The average molecular weight is 1740 g/mol. The summed E-state index contributed by atoms with van der Waals surface area (Å²) in [5.41, 5.74) is 3.33. The third kappa shape index (κ3) is 29.0. The van der Waals surface area contributed by atoms with Gasteiger partial charge in [-0.25, -0.2) is 0 Å². The fourth-order valence-corrected chi connectivity index (χ4v) is 18.9. The van der Waals surface area contributed by atoms with E-state index in [4.69, 9.17) is 246 Å². The van der Waals surface area contributed by atoms with E-state index in [0.29, 0.717) is 33.4 Å². The van der Waals surface area contributed by atoms with Gasteiger partial charge in [-0.05, 0) is 385 Å². The molecule has 0 amide bonds. The summed E-state index contributed by atoms with van der Waals surface area (Å²) < 4.78 is 58.2. The van der Waals surface area contributed by atoms with Crippen molar-refractivity contribution in [2.75, 3.05) is 0 Å². The first-order chi connectivity index (χ1) is 42.1. The number of rotatable bonds is 30. The Bertz CT molecular complexity index is 3520. The zero-order valence-corrected chi connectivity index (χ0v) is 65.8. The van der Waals surface area contributed by atoms with Gasteiger partial charge in [0.05, 0.1) is 37.3 Å². The Hall–Kier alpha value is -0.990. The second-order valence-corrected chi connectivity index (χ2v) is 68.0. The van der Waals surface area contributed by atoms with Gasteiger partial charge in [0.2, 0.25) is 29.4 Å². The molecule has 6 aromatic carbocycles. The van der Waals surface area contributed by atoms with Crippen molar-refractivity contribution in [2.45, 2.75) is 0 Å². The molecule has 0 atom stereocenters. The highest BCUT2D eigenvalue weighted by Gasteiger charge is 2.49. The Morgan fingerprint density at radius 1 is 0.256 bits per heavy atom. The Morgan fingerprint density at radius 3 is 0.489 bits per heavy atom. The maximum atomic E-state index is 7.05. The van der Waals surface area contributed by atoms with E-state index in [2.05, 4.69) is 61.8 Å². The van der Waals surface area contributed by atoms with Gasteiger partial charge >= 0.3 is 23.0 Å². The third-order valence-corrected chi connectivity index (χ3v) is 24.0. The largest absolute Gasteiger partial charge is 0.460 e. The number of benzene rings is 6. The SMILES string of the molecule is S=P(Cl)(Cl)N/N=C/c1ccc(OP2(Oc3ccc(/C=N/NP(=S)(Cl)Cl)cc3)=NP(Oc3ccc(/C=N/NP(=S)(Cl)Cl)cc3)(Oc3ccc(/C=N/NP(=S)(Cl)Cl)cc3)=NP(Oc3ccc(/C=N/NP(=S)(Cl)Cl)cc3)(Oc3ccc(/C=N/NP(=S)(Cl)Cl)cc3)=N2)cc1. The van der Waals surface area contributed by atoms with Gasteiger partial charge in [0.15, 0.2) is 0 Å². The molecular formula is C42H36Cl12N15O6P9S6. The van der Waals surface area contributed by atoms with Crippen LogP contribution in [-0.4, -0.2) is 37.3 Å². The minimum Gasteiger partial charge on any atom is -0.413 e. The van der Waals surface area contributed by atoms with Crippen LogP contribution in [-0.2, 0) is 70.8 Å². The molecule has 0 aliphatic carbocycles. The molecule has 1 aliphatic rings. The van der Waals surface area contributed by atoms with E-state index in [-0.39, 0.29) is 34.5 Å². The number of nitrogens with zero attached hydrogens (tertiary/aromatic N) is 9. The number of hydrogen-bond acceptors (Lipinski definition) is 21. The Labute approximate surface area is 604 Å². The van der Waals surface area contributed by atoms with Crippen molar-refractivity contribution in [3.63, 3.8) is 0 Å². The first kappa shape index (κ1) is 76.4. The van der Waals surface area contributed by atoms with Crippen LogP contribution in [0.3, 0.4) is 0 Å². The predicted octanol–water partition coefficient (Wildman–Crippen LogP) is 22.1. The molecule has 90 heavy (non-hydrogen) atoms. The minimum atomic E-state index is -4.57. The fraction of sp³-hybridized carbons (Fsp3) is 0. The molecule has 0 bridgehead atoms. The highest BCUT2D eigenvalue weighted by Crippen LogP contribution is 2.79. The zero-order valence-electron chi connectivity index (χ0n) is 43.8. The lowest BCUT2D eigenvalue weighted by Crippen LogP contribution is -2.11. The van der Waals surface area contributed by atoms with Gasteiger partial charge < -0.3 is 27.1 Å². The van der Waals surface area contributed by atoms with Crippen LogP contribution < -0.4 is 58.3 Å². The second-order valence-electron chi connectivity index (χ2n) is 16.6. The molecular weight excluding hydrogens is 1710 g/mol. The molecule has 0 saturated heterocycles. The first-order valence-electron chi connectivity index (χ1n) is 23.5. The third-order valence-electron chi connectivity index (χ3n) is 9.63. The van der Waals surface area contributed by atoms with Gasteiger partial charge in [-0.15, -0.1) is 0 Å². The normalized spacial score (nSPS) is 15.2.